The molecule has 2 aliphatic carbocycles. The molecule has 1 unspecified atom stereocenters. The minimum absolute atomic E-state index is 0.115. The number of hydrogen-bond acceptors (Lipinski definition) is 2. The van der Waals surface area contributed by atoms with Crippen molar-refractivity contribution in [1.29, 1.82) is 0 Å². The van der Waals surface area contributed by atoms with Gasteiger partial charge in [-0.3, -0.25) is 0 Å². The molecule has 1 aliphatic heterocycles. The Morgan fingerprint density at radius 3 is 2.43 bits per heavy atom. The zero-order valence-electron chi connectivity index (χ0n) is 8.58. The highest BCUT2D eigenvalue weighted by Gasteiger charge is 2.69. The van der Waals surface area contributed by atoms with Crippen molar-refractivity contribution in [1.82, 2.24) is 0 Å². The predicted octanol–water partition coefficient (Wildman–Crippen LogP) is 2.44. The first-order chi connectivity index (χ1) is 6.75. The van der Waals surface area contributed by atoms with Crippen molar-refractivity contribution < 1.29 is 9.53 Å². The van der Waals surface area contributed by atoms with Gasteiger partial charge in [0.1, 0.15) is 5.60 Å². The summed E-state index contributed by atoms with van der Waals surface area (Å²) < 4.78 is 5.54. The van der Waals surface area contributed by atoms with Crippen molar-refractivity contribution in [3.8, 4) is 0 Å². The lowest BCUT2D eigenvalue weighted by Crippen LogP contribution is -2.18. The SMILES string of the molecule is CC1=CC(=O)OC12[C@@H]1CCCCC[C@@H]12. The molecular formula is C12H16O2. The molecule has 0 saturated heterocycles. The molecule has 0 aromatic heterocycles. The Morgan fingerprint density at radius 2 is 1.93 bits per heavy atom. The quantitative estimate of drug-likeness (QED) is 0.551. The molecule has 0 amide bonds. The fourth-order valence-corrected chi connectivity index (χ4v) is 3.55. The molecule has 2 fully saturated rings. The van der Waals surface area contributed by atoms with Gasteiger partial charge in [-0.25, -0.2) is 4.79 Å². The van der Waals surface area contributed by atoms with Crippen LogP contribution in [0.25, 0.3) is 0 Å². The molecule has 0 aromatic carbocycles. The summed E-state index contributed by atoms with van der Waals surface area (Å²) in [7, 11) is 0. The van der Waals surface area contributed by atoms with Gasteiger partial charge in [-0.1, -0.05) is 19.3 Å². The third-order valence-electron chi connectivity index (χ3n) is 4.23. The molecule has 76 valence electrons. The first-order valence-electron chi connectivity index (χ1n) is 5.67. The van der Waals surface area contributed by atoms with Crippen LogP contribution in [0, 0.1) is 11.8 Å². The van der Waals surface area contributed by atoms with Gasteiger partial charge in [0.25, 0.3) is 0 Å². The van der Waals surface area contributed by atoms with Gasteiger partial charge in [0, 0.05) is 17.9 Å². The van der Waals surface area contributed by atoms with Gasteiger partial charge in [-0.2, -0.15) is 0 Å². The standard InChI is InChI=1S/C12H16O2/c1-8-7-11(13)14-12(8)9-5-3-2-4-6-10(9)12/h7,9-10H,2-6H2,1H3/t9-,10+,12?. The fraction of sp³-hybridized carbons (Fsp3) is 0.750. The number of carbonyl (C=O) groups excluding carboxylic acids is 1. The summed E-state index contributed by atoms with van der Waals surface area (Å²) >= 11 is 0. The van der Waals surface area contributed by atoms with Crippen molar-refractivity contribution in [2.75, 3.05) is 0 Å². The summed E-state index contributed by atoms with van der Waals surface area (Å²) in [4.78, 5) is 11.2. The maximum atomic E-state index is 11.2. The number of carbonyl (C=O) groups is 1. The Labute approximate surface area is 84.3 Å². The second-order valence-corrected chi connectivity index (χ2v) is 4.89. The number of rotatable bonds is 0. The highest BCUT2D eigenvalue weighted by atomic mass is 16.6. The molecule has 0 bridgehead atoms. The van der Waals surface area contributed by atoms with Crippen LogP contribution in [0.3, 0.4) is 0 Å². The van der Waals surface area contributed by atoms with Crippen LogP contribution in [0.2, 0.25) is 0 Å². The van der Waals surface area contributed by atoms with Gasteiger partial charge in [0.05, 0.1) is 0 Å². The molecule has 14 heavy (non-hydrogen) atoms. The van der Waals surface area contributed by atoms with Crippen molar-refractivity contribution in [3.63, 3.8) is 0 Å². The Hall–Kier alpha value is -0.790. The van der Waals surface area contributed by atoms with Crippen molar-refractivity contribution in [2.24, 2.45) is 11.8 Å². The molecule has 3 atom stereocenters. The minimum atomic E-state index is -0.127. The smallest absolute Gasteiger partial charge is 0.331 e. The van der Waals surface area contributed by atoms with E-state index in [-0.39, 0.29) is 11.6 Å². The molecule has 1 spiro atoms. The van der Waals surface area contributed by atoms with E-state index in [1.807, 2.05) is 0 Å². The van der Waals surface area contributed by atoms with E-state index in [1.54, 1.807) is 6.08 Å². The maximum Gasteiger partial charge on any atom is 0.331 e. The fourth-order valence-electron chi connectivity index (χ4n) is 3.55. The van der Waals surface area contributed by atoms with Crippen LogP contribution < -0.4 is 0 Å². The van der Waals surface area contributed by atoms with E-state index < -0.39 is 0 Å². The summed E-state index contributed by atoms with van der Waals surface area (Å²) in [5.41, 5.74) is 1.05. The lowest BCUT2D eigenvalue weighted by molar-refractivity contribution is -0.141. The molecule has 0 aromatic rings. The molecule has 0 radical (unpaired) electrons. The van der Waals surface area contributed by atoms with Gasteiger partial charge in [-0.15, -0.1) is 0 Å². The van der Waals surface area contributed by atoms with Crippen LogP contribution in [0.1, 0.15) is 39.0 Å². The van der Waals surface area contributed by atoms with Crippen LogP contribution in [-0.2, 0) is 9.53 Å². The lowest BCUT2D eigenvalue weighted by atomic mass is 10.0. The molecule has 0 N–H and O–H groups in total. The number of fused-ring (bicyclic) bond motifs is 3. The second kappa shape index (κ2) is 2.62. The summed E-state index contributed by atoms with van der Waals surface area (Å²) in [5, 5.41) is 0. The third kappa shape index (κ3) is 0.891. The normalized spacial score (nSPS) is 45.5. The molecule has 3 aliphatic rings. The first-order valence-corrected chi connectivity index (χ1v) is 5.67. The zero-order valence-corrected chi connectivity index (χ0v) is 8.58. The van der Waals surface area contributed by atoms with Crippen LogP contribution in [0.15, 0.2) is 11.6 Å². The van der Waals surface area contributed by atoms with E-state index in [0.717, 1.165) is 0 Å². The Balaban J connectivity index is 1.88. The van der Waals surface area contributed by atoms with E-state index >= 15 is 0 Å². The van der Waals surface area contributed by atoms with Gasteiger partial charge in [-0.05, 0) is 25.3 Å². The average Bonchev–Trinajstić information content (AvgIpc) is 2.71. The van der Waals surface area contributed by atoms with E-state index in [4.69, 9.17) is 4.74 Å². The van der Waals surface area contributed by atoms with Gasteiger partial charge in [0.15, 0.2) is 0 Å². The van der Waals surface area contributed by atoms with Crippen molar-refractivity contribution >= 4 is 5.97 Å². The van der Waals surface area contributed by atoms with Gasteiger partial charge < -0.3 is 4.74 Å². The number of hydrogen-bond donors (Lipinski definition) is 0. The van der Waals surface area contributed by atoms with E-state index in [0.29, 0.717) is 11.8 Å². The minimum Gasteiger partial charge on any atom is -0.451 e. The molecule has 3 rings (SSSR count). The van der Waals surface area contributed by atoms with E-state index in [1.165, 1.54) is 37.7 Å². The Morgan fingerprint density at radius 1 is 1.29 bits per heavy atom. The summed E-state index contributed by atoms with van der Waals surface area (Å²) in [6.45, 7) is 2.06. The third-order valence-corrected chi connectivity index (χ3v) is 4.23. The Kier molecular flexibility index (Phi) is 1.59. The molecule has 2 heteroatoms. The van der Waals surface area contributed by atoms with Crippen LogP contribution >= 0.6 is 0 Å². The van der Waals surface area contributed by atoms with Crippen LogP contribution in [-0.4, -0.2) is 11.6 Å². The summed E-state index contributed by atoms with van der Waals surface area (Å²) in [5.74, 6) is 1.18. The molecule has 1 heterocycles. The lowest BCUT2D eigenvalue weighted by Gasteiger charge is -2.14. The highest BCUT2D eigenvalue weighted by Crippen LogP contribution is 2.64. The van der Waals surface area contributed by atoms with Crippen LogP contribution in [0.4, 0.5) is 0 Å². The maximum absolute atomic E-state index is 11.2. The topological polar surface area (TPSA) is 26.3 Å². The second-order valence-electron chi connectivity index (χ2n) is 4.89. The first kappa shape index (κ1) is 8.51. The number of esters is 1. The Bertz CT molecular complexity index is 304. The van der Waals surface area contributed by atoms with E-state index in [9.17, 15) is 4.79 Å². The average molecular weight is 192 g/mol. The molecular weight excluding hydrogens is 176 g/mol. The largest absolute Gasteiger partial charge is 0.451 e. The van der Waals surface area contributed by atoms with Crippen molar-refractivity contribution in [3.05, 3.63) is 11.6 Å². The summed E-state index contributed by atoms with van der Waals surface area (Å²) in [6.07, 6.45) is 8.18. The summed E-state index contributed by atoms with van der Waals surface area (Å²) in [6, 6.07) is 0. The number of ether oxygens (including phenoxy) is 1. The zero-order chi connectivity index (χ0) is 9.76. The van der Waals surface area contributed by atoms with Crippen molar-refractivity contribution in [2.45, 2.75) is 44.6 Å². The monoisotopic (exact) mass is 192 g/mol. The van der Waals surface area contributed by atoms with E-state index in [2.05, 4.69) is 6.92 Å². The van der Waals surface area contributed by atoms with Gasteiger partial charge >= 0.3 is 5.97 Å². The van der Waals surface area contributed by atoms with Gasteiger partial charge in [0.2, 0.25) is 0 Å². The predicted molar refractivity (Wildman–Crippen MR) is 52.6 cm³/mol. The van der Waals surface area contributed by atoms with Crippen LogP contribution in [0.5, 0.6) is 0 Å². The molecule has 2 nitrogen and oxygen atoms in total. The highest BCUT2D eigenvalue weighted by molar-refractivity contribution is 5.87. The molecule has 2 saturated carbocycles.